The molecule has 1 aromatic carbocycles. The van der Waals surface area contributed by atoms with Crippen LogP contribution in [-0.4, -0.2) is 23.9 Å². The second kappa shape index (κ2) is 5.98. The maximum atomic E-state index is 12.5. The third kappa shape index (κ3) is 2.86. The van der Waals surface area contributed by atoms with Gasteiger partial charge in [-0.05, 0) is 30.9 Å². The Balaban J connectivity index is 1.71. The first-order valence-corrected chi connectivity index (χ1v) is 7.84. The third-order valence-corrected chi connectivity index (χ3v) is 4.69. The van der Waals surface area contributed by atoms with Gasteiger partial charge in [-0.15, -0.1) is 0 Å². The van der Waals surface area contributed by atoms with Crippen molar-refractivity contribution in [3.05, 3.63) is 30.3 Å². The molecule has 4 heteroatoms. The molecular weight excluding hydrogens is 264 g/mol. The van der Waals surface area contributed by atoms with Crippen LogP contribution in [-0.2, 0) is 9.59 Å². The first-order valence-electron chi connectivity index (χ1n) is 7.84. The van der Waals surface area contributed by atoms with E-state index in [1.807, 2.05) is 18.2 Å². The van der Waals surface area contributed by atoms with E-state index in [1.54, 1.807) is 12.1 Å². The van der Waals surface area contributed by atoms with Crippen molar-refractivity contribution < 1.29 is 9.59 Å². The van der Waals surface area contributed by atoms with Crippen LogP contribution in [0.2, 0.25) is 0 Å². The van der Waals surface area contributed by atoms with Crippen molar-refractivity contribution in [2.75, 3.05) is 4.90 Å². The van der Waals surface area contributed by atoms with Gasteiger partial charge in [-0.3, -0.25) is 9.59 Å². The largest absolute Gasteiger partial charge is 0.302 e. The predicted molar refractivity (Wildman–Crippen MR) is 81.9 cm³/mol. The van der Waals surface area contributed by atoms with Crippen LogP contribution in [0, 0.1) is 5.92 Å². The number of anilines is 1. The summed E-state index contributed by atoms with van der Waals surface area (Å²) in [6, 6.07) is 9.19. The van der Waals surface area contributed by atoms with Gasteiger partial charge in [0, 0.05) is 6.04 Å². The summed E-state index contributed by atoms with van der Waals surface area (Å²) in [4.78, 5) is 26.0. The van der Waals surface area contributed by atoms with E-state index < -0.39 is 0 Å². The van der Waals surface area contributed by atoms with Crippen LogP contribution in [0.1, 0.15) is 39.0 Å². The van der Waals surface area contributed by atoms with Crippen molar-refractivity contribution in [1.82, 2.24) is 5.32 Å². The van der Waals surface area contributed by atoms with Gasteiger partial charge in [0.25, 0.3) is 5.91 Å². The molecule has 21 heavy (non-hydrogen) atoms. The van der Waals surface area contributed by atoms with Gasteiger partial charge in [-0.1, -0.05) is 38.0 Å². The summed E-state index contributed by atoms with van der Waals surface area (Å²) in [5.74, 6) is 0.364. The molecule has 0 bridgehead atoms. The van der Waals surface area contributed by atoms with Gasteiger partial charge >= 0.3 is 0 Å². The Morgan fingerprint density at radius 2 is 1.81 bits per heavy atom. The molecule has 3 atom stereocenters. The molecule has 0 spiro atoms. The van der Waals surface area contributed by atoms with Crippen LogP contribution >= 0.6 is 0 Å². The zero-order valence-electron chi connectivity index (χ0n) is 12.4. The van der Waals surface area contributed by atoms with Crippen LogP contribution in [0.15, 0.2) is 30.3 Å². The number of carbonyl (C=O) groups is 2. The molecule has 1 heterocycles. The Morgan fingerprint density at radius 3 is 2.52 bits per heavy atom. The Kier molecular flexibility index (Phi) is 4.06. The first kappa shape index (κ1) is 14.3. The van der Waals surface area contributed by atoms with Gasteiger partial charge in [0.1, 0.15) is 0 Å². The van der Waals surface area contributed by atoms with Crippen LogP contribution in [0.4, 0.5) is 5.69 Å². The van der Waals surface area contributed by atoms with Gasteiger partial charge in [-0.2, -0.15) is 0 Å². The molecule has 0 radical (unpaired) electrons. The van der Waals surface area contributed by atoms with Crippen LogP contribution < -0.4 is 10.2 Å². The number of amides is 2. The van der Waals surface area contributed by atoms with Gasteiger partial charge < -0.3 is 5.32 Å². The molecule has 3 rings (SSSR count). The van der Waals surface area contributed by atoms with Crippen molar-refractivity contribution in [3.8, 4) is 0 Å². The van der Waals surface area contributed by atoms with Crippen molar-refractivity contribution in [1.29, 1.82) is 0 Å². The van der Waals surface area contributed by atoms with Gasteiger partial charge in [0.15, 0.2) is 0 Å². The number of carbonyl (C=O) groups excluding carboxylic acids is 2. The molecule has 2 amide bonds. The predicted octanol–water partition coefficient (Wildman–Crippen LogP) is 2.49. The first-order chi connectivity index (χ1) is 10.2. The van der Waals surface area contributed by atoms with Gasteiger partial charge in [0.05, 0.1) is 18.2 Å². The average molecular weight is 286 g/mol. The number of nitrogens with zero attached hydrogens (tertiary/aromatic N) is 1. The summed E-state index contributed by atoms with van der Waals surface area (Å²) in [6.07, 6.45) is 5.06. The van der Waals surface area contributed by atoms with Crippen LogP contribution in [0.25, 0.3) is 0 Å². The van der Waals surface area contributed by atoms with Crippen molar-refractivity contribution in [2.45, 2.75) is 51.1 Å². The zero-order valence-corrected chi connectivity index (χ0v) is 12.4. The van der Waals surface area contributed by atoms with E-state index in [1.165, 1.54) is 24.2 Å². The van der Waals surface area contributed by atoms with Crippen molar-refractivity contribution in [2.24, 2.45) is 5.92 Å². The van der Waals surface area contributed by atoms with Crippen LogP contribution in [0.5, 0.6) is 0 Å². The smallest absolute Gasteiger partial charge is 0.251 e. The number of nitrogens with one attached hydrogen (secondary N) is 1. The topological polar surface area (TPSA) is 49.4 Å². The molecule has 1 aliphatic carbocycles. The monoisotopic (exact) mass is 286 g/mol. The molecule has 2 fully saturated rings. The maximum absolute atomic E-state index is 12.5. The number of benzene rings is 1. The lowest BCUT2D eigenvalue weighted by atomic mass is 9.85. The minimum atomic E-state index is -0.358. The minimum absolute atomic E-state index is 0.104. The lowest BCUT2D eigenvalue weighted by molar-refractivity contribution is -0.121. The highest BCUT2D eigenvalue weighted by molar-refractivity contribution is 6.22. The van der Waals surface area contributed by atoms with E-state index in [9.17, 15) is 9.59 Å². The number of hydrogen-bond acceptors (Lipinski definition) is 3. The SMILES string of the molecule is C[C@@H]1CCCC[C@H]1N[C@@H]1CC(=O)N(c2ccccc2)C1=O. The Bertz CT molecular complexity index is 529. The van der Waals surface area contributed by atoms with E-state index in [4.69, 9.17) is 0 Å². The Morgan fingerprint density at radius 1 is 1.10 bits per heavy atom. The van der Waals surface area contributed by atoms with Crippen LogP contribution in [0.3, 0.4) is 0 Å². The molecule has 4 nitrogen and oxygen atoms in total. The van der Waals surface area contributed by atoms with E-state index in [2.05, 4.69) is 12.2 Å². The summed E-state index contributed by atoms with van der Waals surface area (Å²) >= 11 is 0. The highest BCUT2D eigenvalue weighted by Gasteiger charge is 2.41. The second-order valence-electron chi connectivity index (χ2n) is 6.19. The minimum Gasteiger partial charge on any atom is -0.302 e. The second-order valence-corrected chi connectivity index (χ2v) is 6.19. The summed E-state index contributed by atoms with van der Waals surface area (Å²) in [7, 11) is 0. The van der Waals surface area contributed by atoms with E-state index >= 15 is 0 Å². The molecule has 1 aliphatic heterocycles. The lowest BCUT2D eigenvalue weighted by Gasteiger charge is -2.31. The number of imide groups is 1. The molecule has 0 unspecified atom stereocenters. The third-order valence-electron chi connectivity index (χ3n) is 4.69. The van der Waals surface area contributed by atoms with Crippen molar-refractivity contribution in [3.63, 3.8) is 0 Å². The van der Waals surface area contributed by atoms with Gasteiger partial charge in [0.2, 0.25) is 5.91 Å². The quantitative estimate of drug-likeness (QED) is 0.869. The van der Waals surface area contributed by atoms with E-state index in [0.717, 1.165) is 6.42 Å². The standard InChI is InChI=1S/C17H22N2O2/c1-12-7-5-6-10-14(12)18-15-11-16(20)19(17(15)21)13-8-3-2-4-9-13/h2-4,8-9,12,14-15,18H,5-7,10-11H2,1H3/t12-,14-,15-/m1/s1. The molecule has 1 aromatic rings. The number of rotatable bonds is 3. The summed E-state index contributed by atoms with van der Waals surface area (Å²) < 4.78 is 0. The van der Waals surface area contributed by atoms with Gasteiger partial charge in [-0.25, -0.2) is 4.90 Å². The Hall–Kier alpha value is -1.68. The molecule has 112 valence electrons. The fraction of sp³-hybridized carbons (Fsp3) is 0.529. The summed E-state index contributed by atoms with van der Waals surface area (Å²) in [6.45, 7) is 2.23. The number of hydrogen-bond donors (Lipinski definition) is 1. The van der Waals surface area contributed by atoms with E-state index in [-0.39, 0.29) is 24.3 Å². The molecule has 1 saturated heterocycles. The number of para-hydroxylation sites is 1. The summed E-state index contributed by atoms with van der Waals surface area (Å²) in [5.41, 5.74) is 0.675. The normalized spacial score (nSPS) is 30.0. The maximum Gasteiger partial charge on any atom is 0.251 e. The highest BCUT2D eigenvalue weighted by Crippen LogP contribution is 2.27. The molecular formula is C17H22N2O2. The highest BCUT2D eigenvalue weighted by atomic mass is 16.2. The molecule has 2 aliphatic rings. The molecule has 1 N–H and O–H groups in total. The van der Waals surface area contributed by atoms with E-state index in [0.29, 0.717) is 17.6 Å². The Labute approximate surface area is 125 Å². The zero-order chi connectivity index (χ0) is 14.8. The lowest BCUT2D eigenvalue weighted by Crippen LogP contribution is -2.47. The fourth-order valence-corrected chi connectivity index (χ4v) is 3.43. The molecule has 1 saturated carbocycles. The average Bonchev–Trinajstić information content (AvgIpc) is 2.77. The molecule has 0 aromatic heterocycles. The van der Waals surface area contributed by atoms with Crippen molar-refractivity contribution >= 4 is 17.5 Å². The summed E-state index contributed by atoms with van der Waals surface area (Å²) in [5, 5.41) is 3.44. The fourth-order valence-electron chi connectivity index (χ4n) is 3.43.